The summed E-state index contributed by atoms with van der Waals surface area (Å²) in [5.41, 5.74) is 0. The molecule has 2 heterocycles. The summed E-state index contributed by atoms with van der Waals surface area (Å²) in [5.74, 6) is 1.17. The molecular weight excluding hydrogens is 262 g/mol. The summed E-state index contributed by atoms with van der Waals surface area (Å²) in [6, 6.07) is -0.241. The van der Waals surface area contributed by atoms with E-state index in [9.17, 15) is 9.90 Å². The third-order valence-corrected chi connectivity index (χ3v) is 3.30. The Labute approximate surface area is 117 Å². The average Bonchev–Trinajstić information content (AvgIpc) is 2.93. The van der Waals surface area contributed by atoms with E-state index in [-0.39, 0.29) is 18.6 Å². The third-order valence-electron chi connectivity index (χ3n) is 3.30. The van der Waals surface area contributed by atoms with Crippen LogP contribution < -0.4 is 0 Å². The van der Waals surface area contributed by atoms with Gasteiger partial charge < -0.3 is 19.3 Å². The number of aliphatic hydroxyl groups is 1. The van der Waals surface area contributed by atoms with Gasteiger partial charge >= 0.3 is 0 Å². The zero-order valence-electron chi connectivity index (χ0n) is 11.7. The molecule has 1 aliphatic rings. The molecule has 1 aliphatic heterocycles. The van der Waals surface area contributed by atoms with Crippen molar-refractivity contribution in [3.63, 3.8) is 0 Å². The maximum Gasteiger partial charge on any atom is 0.227 e. The van der Waals surface area contributed by atoms with E-state index in [4.69, 9.17) is 9.26 Å². The second kappa shape index (κ2) is 7.35. The molecular formula is C13H21N3O4. The number of aromatic nitrogens is 2. The minimum atomic E-state index is -0.241. The maximum atomic E-state index is 12.1. The van der Waals surface area contributed by atoms with Crippen LogP contribution in [0, 0.1) is 0 Å². The van der Waals surface area contributed by atoms with Crippen molar-refractivity contribution >= 4 is 5.91 Å². The molecule has 112 valence electrons. The normalized spacial score (nSPS) is 19.3. The van der Waals surface area contributed by atoms with E-state index in [1.807, 2.05) is 6.92 Å². The van der Waals surface area contributed by atoms with Gasteiger partial charge in [0.15, 0.2) is 5.82 Å². The van der Waals surface area contributed by atoms with Crippen LogP contribution in [-0.2, 0) is 22.4 Å². The monoisotopic (exact) mass is 283 g/mol. The number of aliphatic hydroxyl groups excluding tert-OH is 1. The quantitative estimate of drug-likeness (QED) is 0.801. The lowest BCUT2D eigenvalue weighted by Gasteiger charge is -2.34. The Morgan fingerprint density at radius 1 is 1.50 bits per heavy atom. The van der Waals surface area contributed by atoms with Crippen LogP contribution in [0.2, 0.25) is 0 Å². The molecule has 1 amide bonds. The molecule has 7 nitrogen and oxygen atoms in total. The molecule has 1 fully saturated rings. The number of morpholine rings is 1. The van der Waals surface area contributed by atoms with Crippen LogP contribution >= 0.6 is 0 Å². The minimum absolute atomic E-state index is 0.0115. The molecule has 0 radical (unpaired) electrons. The molecule has 1 unspecified atom stereocenters. The summed E-state index contributed by atoms with van der Waals surface area (Å²) in [7, 11) is 0. The summed E-state index contributed by atoms with van der Waals surface area (Å²) in [6.07, 6.45) is 2.49. The highest BCUT2D eigenvalue weighted by Crippen LogP contribution is 2.10. The molecule has 2 rings (SSSR count). The fourth-order valence-electron chi connectivity index (χ4n) is 2.21. The molecule has 1 aromatic rings. The number of amides is 1. The molecule has 0 bridgehead atoms. The van der Waals surface area contributed by atoms with Gasteiger partial charge in [-0.1, -0.05) is 12.1 Å². The van der Waals surface area contributed by atoms with Crippen LogP contribution in [0.25, 0.3) is 0 Å². The number of carbonyl (C=O) groups excluding carboxylic acids is 1. The van der Waals surface area contributed by atoms with Gasteiger partial charge in [-0.3, -0.25) is 4.79 Å². The van der Waals surface area contributed by atoms with E-state index in [0.29, 0.717) is 44.3 Å². The maximum absolute atomic E-state index is 12.1. The van der Waals surface area contributed by atoms with Gasteiger partial charge in [-0.25, -0.2) is 0 Å². The van der Waals surface area contributed by atoms with Gasteiger partial charge in [0.25, 0.3) is 0 Å². The van der Waals surface area contributed by atoms with Gasteiger partial charge in [-0.15, -0.1) is 0 Å². The van der Waals surface area contributed by atoms with Crippen molar-refractivity contribution in [1.29, 1.82) is 0 Å². The van der Waals surface area contributed by atoms with Crippen molar-refractivity contribution in [2.24, 2.45) is 0 Å². The summed E-state index contributed by atoms with van der Waals surface area (Å²) in [6.45, 7) is 3.40. The van der Waals surface area contributed by atoms with E-state index in [0.717, 1.165) is 12.8 Å². The first-order valence-corrected chi connectivity index (χ1v) is 7.04. The summed E-state index contributed by atoms with van der Waals surface area (Å²) in [5, 5.41) is 13.1. The first-order chi connectivity index (χ1) is 9.74. The van der Waals surface area contributed by atoms with Crippen LogP contribution in [0.15, 0.2) is 4.52 Å². The zero-order chi connectivity index (χ0) is 14.4. The first-order valence-electron chi connectivity index (χ1n) is 7.04. The fourth-order valence-corrected chi connectivity index (χ4v) is 2.21. The van der Waals surface area contributed by atoms with Gasteiger partial charge in [0.1, 0.15) is 0 Å². The average molecular weight is 283 g/mol. The molecule has 1 aromatic heterocycles. The minimum Gasteiger partial charge on any atom is -0.394 e. The number of aryl methyl sites for hydroxylation is 2. The molecule has 0 aromatic carbocycles. The predicted molar refractivity (Wildman–Crippen MR) is 70.0 cm³/mol. The molecule has 7 heteroatoms. The van der Waals surface area contributed by atoms with Crippen molar-refractivity contribution in [2.45, 2.75) is 38.6 Å². The highest BCUT2D eigenvalue weighted by molar-refractivity contribution is 5.76. The number of ether oxygens (including phenoxy) is 1. The zero-order valence-corrected chi connectivity index (χ0v) is 11.7. The lowest BCUT2D eigenvalue weighted by Crippen LogP contribution is -2.50. The number of hydrogen-bond donors (Lipinski definition) is 1. The van der Waals surface area contributed by atoms with Crippen molar-refractivity contribution in [2.75, 3.05) is 26.4 Å². The molecule has 0 aliphatic carbocycles. The number of nitrogens with zero attached hydrogens (tertiary/aromatic N) is 3. The Balaban J connectivity index is 1.84. The van der Waals surface area contributed by atoms with Crippen LogP contribution in [0.5, 0.6) is 0 Å². The number of rotatable bonds is 6. The topological polar surface area (TPSA) is 88.7 Å². The fraction of sp³-hybridized carbons (Fsp3) is 0.769. The van der Waals surface area contributed by atoms with Crippen LogP contribution in [0.4, 0.5) is 0 Å². The molecule has 0 saturated carbocycles. The Hall–Kier alpha value is -1.47. The van der Waals surface area contributed by atoms with E-state index < -0.39 is 0 Å². The molecule has 1 atom stereocenters. The highest BCUT2D eigenvalue weighted by atomic mass is 16.5. The van der Waals surface area contributed by atoms with Gasteiger partial charge in [0.2, 0.25) is 11.8 Å². The smallest absolute Gasteiger partial charge is 0.227 e. The predicted octanol–water partition coefficient (Wildman–Crippen LogP) is 0.174. The van der Waals surface area contributed by atoms with Gasteiger partial charge in [0.05, 0.1) is 25.9 Å². The van der Waals surface area contributed by atoms with Crippen molar-refractivity contribution in [3.05, 3.63) is 11.7 Å². The largest absolute Gasteiger partial charge is 0.394 e. The number of carbonyl (C=O) groups is 1. The molecule has 1 N–H and O–H groups in total. The van der Waals surface area contributed by atoms with Crippen molar-refractivity contribution < 1.29 is 19.2 Å². The van der Waals surface area contributed by atoms with Crippen molar-refractivity contribution in [1.82, 2.24) is 15.0 Å². The number of hydrogen-bond acceptors (Lipinski definition) is 6. The third kappa shape index (κ3) is 3.77. The Morgan fingerprint density at radius 2 is 2.35 bits per heavy atom. The van der Waals surface area contributed by atoms with Crippen LogP contribution in [0.3, 0.4) is 0 Å². The lowest BCUT2D eigenvalue weighted by molar-refractivity contribution is -0.141. The second-order valence-electron chi connectivity index (χ2n) is 4.85. The van der Waals surface area contributed by atoms with E-state index in [1.54, 1.807) is 4.90 Å². The highest BCUT2D eigenvalue weighted by Gasteiger charge is 2.26. The Bertz CT molecular complexity index is 435. The summed E-state index contributed by atoms with van der Waals surface area (Å²) in [4.78, 5) is 18.0. The first kappa shape index (κ1) is 14.9. The summed E-state index contributed by atoms with van der Waals surface area (Å²) >= 11 is 0. The van der Waals surface area contributed by atoms with Crippen LogP contribution in [-0.4, -0.2) is 58.5 Å². The van der Waals surface area contributed by atoms with E-state index in [2.05, 4.69) is 10.1 Å². The van der Waals surface area contributed by atoms with Crippen LogP contribution in [0.1, 0.15) is 31.5 Å². The van der Waals surface area contributed by atoms with Gasteiger partial charge in [0, 0.05) is 25.8 Å². The lowest BCUT2D eigenvalue weighted by atomic mass is 10.2. The molecule has 0 spiro atoms. The molecule has 20 heavy (non-hydrogen) atoms. The molecule has 1 saturated heterocycles. The standard InChI is InChI=1S/C13H21N3O4/c1-2-3-11-14-12(20-15-11)4-5-13(18)16-6-7-19-9-10(16)8-17/h10,17H,2-9H2,1H3. The summed E-state index contributed by atoms with van der Waals surface area (Å²) < 4.78 is 10.4. The van der Waals surface area contributed by atoms with E-state index in [1.165, 1.54) is 0 Å². The second-order valence-corrected chi connectivity index (χ2v) is 4.85. The van der Waals surface area contributed by atoms with E-state index >= 15 is 0 Å². The Kier molecular flexibility index (Phi) is 5.49. The SMILES string of the molecule is CCCc1noc(CCC(=O)N2CCOCC2CO)n1. The van der Waals surface area contributed by atoms with Crippen molar-refractivity contribution in [3.8, 4) is 0 Å². The Morgan fingerprint density at radius 3 is 3.10 bits per heavy atom. The van der Waals surface area contributed by atoms with Gasteiger partial charge in [-0.2, -0.15) is 4.98 Å². The van der Waals surface area contributed by atoms with Gasteiger partial charge in [-0.05, 0) is 6.42 Å².